The molecule has 0 spiro atoms. The minimum atomic E-state index is -0.0635. The van der Waals surface area contributed by atoms with Crippen molar-refractivity contribution in [1.29, 1.82) is 0 Å². The van der Waals surface area contributed by atoms with Crippen molar-refractivity contribution < 1.29 is 9.59 Å². The summed E-state index contributed by atoms with van der Waals surface area (Å²) in [5, 5.41) is 4.79. The van der Waals surface area contributed by atoms with E-state index in [1.54, 1.807) is 0 Å². The van der Waals surface area contributed by atoms with Crippen molar-refractivity contribution in [3.63, 3.8) is 0 Å². The van der Waals surface area contributed by atoms with E-state index >= 15 is 0 Å². The lowest BCUT2D eigenvalue weighted by atomic mass is 9.86. The topological polar surface area (TPSA) is 49.4 Å². The summed E-state index contributed by atoms with van der Waals surface area (Å²) in [6.45, 7) is 2.75. The Morgan fingerprint density at radius 2 is 1.81 bits per heavy atom. The molecule has 1 aromatic carbocycles. The highest BCUT2D eigenvalue weighted by Crippen LogP contribution is 2.27. The quantitative estimate of drug-likeness (QED) is 0.852. The van der Waals surface area contributed by atoms with Crippen molar-refractivity contribution >= 4 is 23.2 Å². The average Bonchev–Trinajstić information content (AvgIpc) is 3.21. The van der Waals surface area contributed by atoms with Gasteiger partial charge in [0, 0.05) is 25.2 Å². The van der Waals surface area contributed by atoms with E-state index in [0.717, 1.165) is 24.3 Å². The number of nitrogens with zero attached hydrogens (tertiary/aromatic N) is 1. The molecule has 1 aliphatic rings. The molecule has 1 heterocycles. The first-order chi connectivity index (χ1) is 12.5. The molecule has 1 saturated carbocycles. The molecule has 3 rings (SSSR count). The average molecular weight is 371 g/mol. The van der Waals surface area contributed by atoms with E-state index in [-0.39, 0.29) is 11.8 Å². The third-order valence-corrected chi connectivity index (χ3v) is 6.12. The van der Waals surface area contributed by atoms with Crippen LogP contribution in [0.4, 0.5) is 0 Å². The molecular formula is C21H26N2O2S. The molecule has 0 atom stereocenters. The van der Waals surface area contributed by atoms with Crippen LogP contribution < -0.4 is 5.32 Å². The maximum Gasteiger partial charge on any atom is 0.261 e. The van der Waals surface area contributed by atoms with E-state index in [9.17, 15) is 9.59 Å². The van der Waals surface area contributed by atoms with Crippen LogP contribution in [0.1, 0.15) is 58.2 Å². The number of benzene rings is 1. The fraction of sp³-hybridized carbons (Fsp3) is 0.429. The Morgan fingerprint density at radius 3 is 2.42 bits per heavy atom. The zero-order valence-corrected chi connectivity index (χ0v) is 16.2. The Kier molecular flexibility index (Phi) is 6.09. The monoisotopic (exact) mass is 370 g/mol. The molecule has 2 amide bonds. The van der Waals surface area contributed by atoms with Gasteiger partial charge in [0.1, 0.15) is 0 Å². The second-order valence-corrected chi connectivity index (χ2v) is 8.13. The normalized spacial score (nSPS) is 19.8. The second-order valence-electron chi connectivity index (χ2n) is 7.19. The van der Waals surface area contributed by atoms with E-state index < -0.39 is 0 Å². The zero-order valence-electron chi connectivity index (χ0n) is 15.4. The molecular weight excluding hydrogens is 344 g/mol. The lowest BCUT2D eigenvalue weighted by Crippen LogP contribution is -2.39. The summed E-state index contributed by atoms with van der Waals surface area (Å²) < 4.78 is 0. The lowest BCUT2D eigenvalue weighted by Gasteiger charge is -2.33. The van der Waals surface area contributed by atoms with Crippen LogP contribution in [-0.2, 0) is 6.54 Å². The predicted octanol–water partition coefficient (Wildman–Crippen LogP) is 4.33. The molecule has 1 N–H and O–H groups in total. The lowest BCUT2D eigenvalue weighted by molar-refractivity contribution is 0.0679. The summed E-state index contributed by atoms with van der Waals surface area (Å²) in [5.74, 6) is 0.795. The van der Waals surface area contributed by atoms with Crippen molar-refractivity contribution in [2.24, 2.45) is 5.92 Å². The van der Waals surface area contributed by atoms with Gasteiger partial charge in [0.25, 0.3) is 11.8 Å². The Labute approximate surface area is 159 Å². The van der Waals surface area contributed by atoms with Gasteiger partial charge in [-0.2, -0.15) is 0 Å². The van der Waals surface area contributed by atoms with Crippen LogP contribution in [0.15, 0.2) is 41.8 Å². The molecule has 1 fully saturated rings. The van der Waals surface area contributed by atoms with Gasteiger partial charge in [0.2, 0.25) is 0 Å². The minimum Gasteiger partial charge on any atom is -0.347 e. The predicted molar refractivity (Wildman–Crippen MR) is 105 cm³/mol. The van der Waals surface area contributed by atoms with Crippen LogP contribution in [-0.4, -0.2) is 29.8 Å². The molecule has 4 nitrogen and oxygen atoms in total. The van der Waals surface area contributed by atoms with Crippen LogP contribution in [0.5, 0.6) is 0 Å². The van der Waals surface area contributed by atoms with Crippen LogP contribution in [0, 0.1) is 5.92 Å². The summed E-state index contributed by atoms with van der Waals surface area (Å²) in [6.07, 6.45) is 4.59. The van der Waals surface area contributed by atoms with Crippen LogP contribution in [0.2, 0.25) is 0 Å². The third kappa shape index (κ3) is 4.52. The Hall–Kier alpha value is -2.14. The van der Waals surface area contributed by atoms with Gasteiger partial charge in [-0.25, -0.2) is 0 Å². The SMILES string of the molecule is CC1CCC(N(C)C(=O)c2ccc(CNC(=O)c3cccs3)cc2)CC1. The fourth-order valence-corrected chi connectivity index (χ4v) is 4.08. The number of rotatable bonds is 5. The van der Waals surface area contributed by atoms with Gasteiger partial charge in [-0.05, 0) is 60.7 Å². The highest BCUT2D eigenvalue weighted by molar-refractivity contribution is 7.12. The Bertz CT molecular complexity index is 732. The molecule has 5 heteroatoms. The number of amides is 2. The number of hydrogen-bond acceptors (Lipinski definition) is 3. The van der Waals surface area contributed by atoms with E-state index in [2.05, 4.69) is 12.2 Å². The van der Waals surface area contributed by atoms with Gasteiger partial charge in [-0.3, -0.25) is 9.59 Å². The maximum absolute atomic E-state index is 12.7. The first-order valence-corrected chi connectivity index (χ1v) is 10.1. The molecule has 0 unspecified atom stereocenters. The van der Waals surface area contributed by atoms with Crippen molar-refractivity contribution in [2.45, 2.75) is 45.2 Å². The molecule has 0 bridgehead atoms. The molecule has 1 aromatic heterocycles. The van der Waals surface area contributed by atoms with Gasteiger partial charge >= 0.3 is 0 Å². The van der Waals surface area contributed by atoms with Crippen molar-refractivity contribution in [3.05, 3.63) is 57.8 Å². The molecule has 0 saturated heterocycles. The Morgan fingerprint density at radius 1 is 1.12 bits per heavy atom. The molecule has 0 aliphatic heterocycles. The van der Waals surface area contributed by atoms with Gasteiger partial charge in [-0.1, -0.05) is 25.1 Å². The smallest absolute Gasteiger partial charge is 0.261 e. The third-order valence-electron chi connectivity index (χ3n) is 5.25. The van der Waals surface area contributed by atoms with E-state index in [1.165, 1.54) is 24.2 Å². The zero-order chi connectivity index (χ0) is 18.5. The summed E-state index contributed by atoms with van der Waals surface area (Å²) >= 11 is 1.43. The number of carbonyl (C=O) groups is 2. The van der Waals surface area contributed by atoms with Gasteiger partial charge in [0.05, 0.1) is 4.88 Å². The van der Waals surface area contributed by atoms with Crippen molar-refractivity contribution in [2.75, 3.05) is 7.05 Å². The van der Waals surface area contributed by atoms with E-state index in [4.69, 9.17) is 0 Å². The highest BCUT2D eigenvalue weighted by atomic mass is 32.1. The number of carbonyl (C=O) groups excluding carboxylic acids is 2. The van der Waals surface area contributed by atoms with Crippen LogP contribution in [0.3, 0.4) is 0 Å². The molecule has 26 heavy (non-hydrogen) atoms. The summed E-state index contributed by atoms with van der Waals surface area (Å²) in [5.41, 5.74) is 1.69. The number of thiophene rings is 1. The summed E-state index contributed by atoms with van der Waals surface area (Å²) in [7, 11) is 1.91. The van der Waals surface area contributed by atoms with Crippen LogP contribution in [0.25, 0.3) is 0 Å². The van der Waals surface area contributed by atoms with Gasteiger partial charge < -0.3 is 10.2 Å². The van der Waals surface area contributed by atoms with Crippen molar-refractivity contribution in [1.82, 2.24) is 10.2 Å². The molecule has 0 radical (unpaired) electrons. The number of nitrogens with one attached hydrogen (secondary N) is 1. The summed E-state index contributed by atoms with van der Waals surface area (Å²) in [4.78, 5) is 27.3. The van der Waals surface area contributed by atoms with Gasteiger partial charge in [0.15, 0.2) is 0 Å². The second kappa shape index (κ2) is 8.49. The minimum absolute atomic E-state index is 0.0635. The number of hydrogen-bond donors (Lipinski definition) is 1. The fourth-order valence-electron chi connectivity index (χ4n) is 3.44. The first-order valence-electron chi connectivity index (χ1n) is 9.22. The van der Waals surface area contributed by atoms with Crippen LogP contribution >= 0.6 is 11.3 Å². The highest BCUT2D eigenvalue weighted by Gasteiger charge is 2.25. The van der Waals surface area contributed by atoms with Crippen molar-refractivity contribution in [3.8, 4) is 0 Å². The molecule has 2 aromatic rings. The Balaban J connectivity index is 1.55. The molecule has 1 aliphatic carbocycles. The van der Waals surface area contributed by atoms with E-state index in [0.29, 0.717) is 23.0 Å². The maximum atomic E-state index is 12.7. The standard InChI is InChI=1S/C21H26N2O2S/c1-15-5-11-18(12-6-15)23(2)21(25)17-9-7-16(8-10-17)14-22-20(24)19-4-3-13-26-19/h3-4,7-10,13,15,18H,5-6,11-12,14H2,1-2H3,(H,22,24). The summed E-state index contributed by atoms with van der Waals surface area (Å²) in [6, 6.07) is 11.6. The molecule has 138 valence electrons. The largest absolute Gasteiger partial charge is 0.347 e. The first kappa shape index (κ1) is 18.6. The van der Waals surface area contributed by atoms with E-state index in [1.807, 2.05) is 53.7 Å². The van der Waals surface area contributed by atoms with Gasteiger partial charge in [-0.15, -0.1) is 11.3 Å².